The fraction of sp³-hybridized carbons (Fsp3) is 0.167. The number of hydrogen-bond donors (Lipinski definition) is 3. The van der Waals surface area contributed by atoms with Gasteiger partial charge in [0, 0.05) is 33.6 Å². The monoisotopic (exact) mass is 362 g/mol. The summed E-state index contributed by atoms with van der Waals surface area (Å²) < 4.78 is 28.9. The van der Waals surface area contributed by atoms with Crippen LogP contribution in [0, 0.1) is 11.6 Å². The molecule has 4 nitrogen and oxygen atoms in total. The number of para-hydroxylation sites is 1. The normalized spacial score (nSPS) is 19.8. The van der Waals surface area contributed by atoms with Crippen molar-refractivity contribution in [2.45, 2.75) is 18.5 Å². The summed E-state index contributed by atoms with van der Waals surface area (Å²) in [6, 6.07) is 7.52. The molecule has 0 amide bonds. The molecule has 0 spiro atoms. The van der Waals surface area contributed by atoms with Crippen LogP contribution in [0.5, 0.6) is 0 Å². The number of rotatable bonds is 2. The largest absolute Gasteiger partial charge is 0.480 e. The van der Waals surface area contributed by atoms with Crippen molar-refractivity contribution in [3.63, 3.8) is 0 Å². The van der Waals surface area contributed by atoms with E-state index in [0.717, 1.165) is 28.6 Å². The molecule has 0 aliphatic carbocycles. The Morgan fingerprint density at radius 1 is 1.20 bits per heavy atom. The Balaban J connectivity index is 1.96. The van der Waals surface area contributed by atoms with E-state index in [4.69, 9.17) is 11.6 Å². The first-order chi connectivity index (χ1) is 12.0. The van der Waals surface area contributed by atoms with E-state index < -0.39 is 29.7 Å². The minimum atomic E-state index is -1.07. The maximum atomic E-state index is 14.4. The Labute approximate surface area is 146 Å². The second-order valence-electron chi connectivity index (χ2n) is 6.04. The number of hydrogen-bond acceptors (Lipinski definition) is 2. The molecule has 2 atom stereocenters. The molecule has 1 aliphatic heterocycles. The van der Waals surface area contributed by atoms with Gasteiger partial charge in [-0.05, 0) is 23.8 Å². The number of aliphatic carboxylic acids is 1. The fourth-order valence-electron chi connectivity index (χ4n) is 3.45. The maximum Gasteiger partial charge on any atom is 0.321 e. The van der Waals surface area contributed by atoms with Crippen LogP contribution in [0.2, 0.25) is 5.02 Å². The van der Waals surface area contributed by atoms with Gasteiger partial charge in [0.05, 0.1) is 6.04 Å². The van der Waals surface area contributed by atoms with Crippen molar-refractivity contribution in [1.29, 1.82) is 0 Å². The average Bonchev–Trinajstić information content (AvgIpc) is 2.92. The van der Waals surface area contributed by atoms with Crippen LogP contribution < -0.4 is 5.32 Å². The number of benzene rings is 2. The first kappa shape index (κ1) is 16.1. The third-order valence-corrected chi connectivity index (χ3v) is 4.76. The number of aromatic amines is 1. The standard InChI is InChI=1S/C18H13ClF2N2O2/c19-8-5-11(20)15(12(21)6-8)17-16-10(7-14(23-17)18(24)25)9-3-1-2-4-13(9)22-16/h1-6,14,17,22-23H,7H2,(H,24,25)/t14-,17-/m0/s1. The SMILES string of the molecule is O=C(O)[C@@H]1Cc2c([nH]c3ccccc23)[C@H](c2c(F)cc(Cl)cc2F)N1. The molecule has 3 aromatic rings. The van der Waals surface area contributed by atoms with Crippen LogP contribution >= 0.6 is 11.6 Å². The highest BCUT2D eigenvalue weighted by atomic mass is 35.5. The molecule has 0 saturated heterocycles. The van der Waals surface area contributed by atoms with Gasteiger partial charge in [0.1, 0.15) is 17.7 Å². The molecule has 3 N–H and O–H groups in total. The van der Waals surface area contributed by atoms with E-state index in [1.165, 1.54) is 0 Å². The number of carboxylic acid groups (broad SMARTS) is 1. The number of fused-ring (bicyclic) bond motifs is 3. The molecule has 2 heterocycles. The number of nitrogens with one attached hydrogen (secondary N) is 2. The zero-order valence-electron chi connectivity index (χ0n) is 12.8. The van der Waals surface area contributed by atoms with E-state index >= 15 is 0 Å². The first-order valence-electron chi connectivity index (χ1n) is 7.68. The lowest BCUT2D eigenvalue weighted by Crippen LogP contribution is -2.45. The van der Waals surface area contributed by atoms with E-state index in [9.17, 15) is 18.7 Å². The Morgan fingerprint density at radius 3 is 2.56 bits per heavy atom. The van der Waals surface area contributed by atoms with Gasteiger partial charge in [-0.2, -0.15) is 0 Å². The smallest absolute Gasteiger partial charge is 0.321 e. The van der Waals surface area contributed by atoms with E-state index in [1.807, 2.05) is 24.3 Å². The van der Waals surface area contributed by atoms with Gasteiger partial charge in [0.25, 0.3) is 0 Å². The van der Waals surface area contributed by atoms with Gasteiger partial charge >= 0.3 is 5.97 Å². The fourth-order valence-corrected chi connectivity index (χ4v) is 3.64. The Morgan fingerprint density at radius 2 is 1.88 bits per heavy atom. The summed E-state index contributed by atoms with van der Waals surface area (Å²) in [7, 11) is 0. The lowest BCUT2D eigenvalue weighted by Gasteiger charge is -2.30. The average molecular weight is 363 g/mol. The zero-order valence-corrected chi connectivity index (χ0v) is 13.6. The summed E-state index contributed by atoms with van der Waals surface area (Å²) in [6.45, 7) is 0. The van der Waals surface area contributed by atoms with Crippen LogP contribution in [0.4, 0.5) is 8.78 Å². The number of carbonyl (C=O) groups is 1. The Hall–Kier alpha value is -2.44. The summed E-state index contributed by atoms with van der Waals surface area (Å²) in [5.41, 5.74) is 1.86. The second kappa shape index (κ2) is 5.82. The van der Waals surface area contributed by atoms with Crippen molar-refractivity contribution in [1.82, 2.24) is 10.3 Å². The van der Waals surface area contributed by atoms with Crippen molar-refractivity contribution in [2.75, 3.05) is 0 Å². The van der Waals surface area contributed by atoms with E-state index in [-0.39, 0.29) is 17.0 Å². The molecular formula is C18H13ClF2N2O2. The van der Waals surface area contributed by atoms with Crippen molar-refractivity contribution >= 4 is 28.5 Å². The van der Waals surface area contributed by atoms with Crippen molar-refractivity contribution < 1.29 is 18.7 Å². The molecule has 4 rings (SSSR count). The minimum absolute atomic E-state index is 0.0544. The van der Waals surface area contributed by atoms with Crippen molar-refractivity contribution in [2.24, 2.45) is 0 Å². The van der Waals surface area contributed by atoms with Crippen molar-refractivity contribution in [3.05, 3.63) is 69.9 Å². The topological polar surface area (TPSA) is 65.1 Å². The molecule has 1 aliphatic rings. The van der Waals surface area contributed by atoms with Gasteiger partial charge in [-0.15, -0.1) is 0 Å². The molecule has 0 radical (unpaired) electrons. The van der Waals surface area contributed by atoms with Gasteiger partial charge in [-0.1, -0.05) is 29.8 Å². The number of halogens is 3. The molecule has 0 unspecified atom stereocenters. The summed E-state index contributed by atoms with van der Waals surface area (Å²) in [5, 5.41) is 13.1. The number of carboxylic acids is 1. The van der Waals surface area contributed by atoms with Crippen LogP contribution in [-0.4, -0.2) is 22.1 Å². The quantitative estimate of drug-likeness (QED) is 0.650. The predicted molar refractivity (Wildman–Crippen MR) is 89.8 cm³/mol. The zero-order chi connectivity index (χ0) is 17.7. The van der Waals surface area contributed by atoms with Gasteiger partial charge in [0.2, 0.25) is 0 Å². The maximum absolute atomic E-state index is 14.4. The van der Waals surface area contributed by atoms with Crippen LogP contribution in [-0.2, 0) is 11.2 Å². The third-order valence-electron chi connectivity index (χ3n) is 4.54. The molecule has 0 bridgehead atoms. The molecule has 1 aromatic heterocycles. The molecular weight excluding hydrogens is 350 g/mol. The second-order valence-corrected chi connectivity index (χ2v) is 6.48. The Kier molecular flexibility index (Phi) is 3.74. The molecule has 2 aromatic carbocycles. The molecule has 128 valence electrons. The highest BCUT2D eigenvalue weighted by Crippen LogP contribution is 2.37. The van der Waals surface area contributed by atoms with E-state index in [1.54, 1.807) is 0 Å². The van der Waals surface area contributed by atoms with E-state index in [2.05, 4.69) is 10.3 Å². The summed E-state index contributed by atoms with van der Waals surface area (Å²) in [4.78, 5) is 14.7. The van der Waals surface area contributed by atoms with Crippen LogP contribution in [0.25, 0.3) is 10.9 Å². The summed E-state index contributed by atoms with van der Waals surface area (Å²) in [6.07, 6.45) is 0.224. The highest BCUT2D eigenvalue weighted by Gasteiger charge is 2.36. The molecule has 25 heavy (non-hydrogen) atoms. The van der Waals surface area contributed by atoms with Gasteiger partial charge in [-0.25, -0.2) is 8.78 Å². The Bertz CT molecular complexity index is 979. The summed E-state index contributed by atoms with van der Waals surface area (Å²) >= 11 is 5.70. The van der Waals surface area contributed by atoms with Crippen LogP contribution in [0.15, 0.2) is 36.4 Å². The third kappa shape index (κ3) is 2.58. The van der Waals surface area contributed by atoms with E-state index in [0.29, 0.717) is 5.69 Å². The van der Waals surface area contributed by atoms with Crippen LogP contribution in [0.1, 0.15) is 22.9 Å². The lowest BCUT2D eigenvalue weighted by molar-refractivity contribution is -0.139. The molecule has 0 fully saturated rings. The lowest BCUT2D eigenvalue weighted by atomic mass is 9.90. The first-order valence-corrected chi connectivity index (χ1v) is 8.06. The number of H-pyrrole nitrogens is 1. The minimum Gasteiger partial charge on any atom is -0.480 e. The van der Waals surface area contributed by atoms with Crippen molar-refractivity contribution in [3.8, 4) is 0 Å². The number of aromatic nitrogens is 1. The summed E-state index contributed by atoms with van der Waals surface area (Å²) in [5.74, 6) is -2.72. The van der Waals surface area contributed by atoms with Gasteiger partial charge < -0.3 is 10.1 Å². The van der Waals surface area contributed by atoms with Gasteiger partial charge in [0.15, 0.2) is 0 Å². The molecule has 7 heteroatoms. The highest BCUT2D eigenvalue weighted by molar-refractivity contribution is 6.30. The van der Waals surface area contributed by atoms with Gasteiger partial charge in [-0.3, -0.25) is 10.1 Å². The van der Waals surface area contributed by atoms with Crippen LogP contribution in [0.3, 0.4) is 0 Å². The predicted octanol–water partition coefficient (Wildman–Crippen LogP) is 3.79. The molecule has 0 saturated carbocycles.